The molecule has 0 bridgehead atoms. The Balaban J connectivity index is 1.89. The summed E-state index contributed by atoms with van der Waals surface area (Å²) in [4.78, 5) is 38.1. The van der Waals surface area contributed by atoms with E-state index in [2.05, 4.69) is 5.32 Å². The fourth-order valence-corrected chi connectivity index (χ4v) is 3.51. The van der Waals surface area contributed by atoms with Crippen molar-refractivity contribution < 1.29 is 14.4 Å². The second-order valence-corrected chi connectivity index (χ2v) is 6.96. The number of para-hydroxylation sites is 1. The topological polar surface area (TPSA) is 92.5 Å². The summed E-state index contributed by atoms with van der Waals surface area (Å²) < 4.78 is 0. The van der Waals surface area contributed by atoms with Crippen molar-refractivity contribution in [1.82, 2.24) is 5.32 Å². The Labute approximate surface area is 162 Å². The van der Waals surface area contributed by atoms with Crippen molar-refractivity contribution in [3.8, 4) is 0 Å². The third-order valence-corrected chi connectivity index (χ3v) is 4.85. The lowest BCUT2D eigenvalue weighted by Crippen LogP contribution is -2.47. The first-order valence-electron chi connectivity index (χ1n) is 8.58. The molecule has 7 heteroatoms. The van der Waals surface area contributed by atoms with E-state index in [4.69, 9.17) is 17.3 Å². The number of carbonyl (C=O) groups is 3. The van der Waals surface area contributed by atoms with Crippen LogP contribution >= 0.6 is 11.6 Å². The van der Waals surface area contributed by atoms with Gasteiger partial charge < -0.3 is 11.1 Å². The number of nitrogens with two attached hydrogens (primary N) is 1. The fraction of sp³-hybridized carbons (Fsp3) is 0.250. The number of amides is 3. The zero-order valence-electron chi connectivity index (χ0n) is 14.8. The van der Waals surface area contributed by atoms with Crippen molar-refractivity contribution in [3.63, 3.8) is 0 Å². The van der Waals surface area contributed by atoms with E-state index in [-0.39, 0.29) is 18.2 Å². The molecule has 1 aliphatic heterocycles. The third-order valence-electron chi connectivity index (χ3n) is 4.60. The van der Waals surface area contributed by atoms with E-state index in [0.29, 0.717) is 17.1 Å². The predicted molar refractivity (Wildman–Crippen MR) is 103 cm³/mol. The van der Waals surface area contributed by atoms with Gasteiger partial charge in [-0.1, -0.05) is 41.9 Å². The van der Waals surface area contributed by atoms with Gasteiger partial charge in [0.05, 0.1) is 12.5 Å². The molecule has 140 valence electrons. The zero-order chi connectivity index (χ0) is 19.6. The molecule has 0 aliphatic carbocycles. The Morgan fingerprint density at radius 3 is 2.48 bits per heavy atom. The number of anilines is 1. The average molecular weight is 386 g/mol. The number of hydrogen-bond acceptors (Lipinski definition) is 3. The summed E-state index contributed by atoms with van der Waals surface area (Å²) in [7, 11) is 0. The number of fused-ring (bicyclic) bond motifs is 1. The molecule has 0 saturated heterocycles. The summed E-state index contributed by atoms with van der Waals surface area (Å²) in [5, 5.41) is 3.36. The molecule has 1 aliphatic rings. The highest BCUT2D eigenvalue weighted by atomic mass is 35.5. The summed E-state index contributed by atoms with van der Waals surface area (Å²) in [6, 6.07) is 13.0. The van der Waals surface area contributed by atoms with Crippen molar-refractivity contribution in [2.75, 3.05) is 4.90 Å². The van der Waals surface area contributed by atoms with Crippen LogP contribution in [0.1, 0.15) is 30.5 Å². The molecule has 3 rings (SSSR count). The number of nitrogens with one attached hydrogen (secondary N) is 1. The minimum atomic E-state index is -0.724. The normalized spacial score (nSPS) is 16.5. The second kappa shape index (κ2) is 7.80. The Hall–Kier alpha value is -2.86. The average Bonchev–Trinajstić information content (AvgIpc) is 3.01. The molecule has 2 atom stereocenters. The first-order chi connectivity index (χ1) is 12.9. The van der Waals surface area contributed by atoms with Crippen molar-refractivity contribution in [2.45, 2.75) is 31.8 Å². The van der Waals surface area contributed by atoms with Gasteiger partial charge in [0.2, 0.25) is 17.7 Å². The van der Waals surface area contributed by atoms with Gasteiger partial charge in [-0.2, -0.15) is 0 Å². The minimum Gasteiger partial charge on any atom is -0.368 e. The summed E-state index contributed by atoms with van der Waals surface area (Å²) >= 11 is 5.93. The molecule has 2 aromatic rings. The predicted octanol–water partition coefficient (Wildman–Crippen LogP) is 2.35. The number of rotatable bonds is 5. The number of primary amides is 1. The lowest BCUT2D eigenvalue weighted by Gasteiger charge is -2.26. The van der Waals surface area contributed by atoms with E-state index < -0.39 is 18.0 Å². The maximum Gasteiger partial charge on any atom is 0.240 e. The molecule has 2 aromatic carbocycles. The van der Waals surface area contributed by atoms with Gasteiger partial charge in [-0.05, 0) is 29.3 Å². The number of carbonyl (C=O) groups excluding carboxylic acids is 3. The second-order valence-electron chi connectivity index (χ2n) is 6.52. The molecule has 0 spiro atoms. The van der Waals surface area contributed by atoms with Gasteiger partial charge in [-0.3, -0.25) is 19.3 Å². The molecule has 0 aromatic heterocycles. The van der Waals surface area contributed by atoms with Gasteiger partial charge in [0.1, 0.15) is 6.04 Å². The van der Waals surface area contributed by atoms with Crippen LogP contribution in [0.25, 0.3) is 0 Å². The van der Waals surface area contributed by atoms with E-state index in [9.17, 15) is 14.4 Å². The molecule has 6 nitrogen and oxygen atoms in total. The number of hydrogen-bond donors (Lipinski definition) is 2. The first-order valence-corrected chi connectivity index (χ1v) is 8.96. The van der Waals surface area contributed by atoms with Crippen LogP contribution in [-0.2, 0) is 20.8 Å². The van der Waals surface area contributed by atoms with Gasteiger partial charge in [-0.25, -0.2) is 0 Å². The van der Waals surface area contributed by atoms with Crippen molar-refractivity contribution >= 4 is 35.0 Å². The van der Waals surface area contributed by atoms with E-state index in [0.717, 1.165) is 11.1 Å². The van der Waals surface area contributed by atoms with Gasteiger partial charge in [0.15, 0.2) is 0 Å². The zero-order valence-corrected chi connectivity index (χ0v) is 15.6. The highest BCUT2D eigenvalue weighted by Gasteiger charge is 2.37. The highest BCUT2D eigenvalue weighted by Crippen LogP contribution is 2.33. The van der Waals surface area contributed by atoms with Crippen LogP contribution < -0.4 is 16.0 Å². The van der Waals surface area contributed by atoms with Crippen LogP contribution in [0.2, 0.25) is 5.02 Å². The number of benzene rings is 2. The first kappa shape index (κ1) is 18.9. The molecular weight excluding hydrogens is 366 g/mol. The van der Waals surface area contributed by atoms with E-state index in [1.54, 1.807) is 30.3 Å². The highest BCUT2D eigenvalue weighted by molar-refractivity contribution is 6.30. The maximum absolute atomic E-state index is 13.1. The summed E-state index contributed by atoms with van der Waals surface area (Å²) in [5.41, 5.74) is 7.87. The van der Waals surface area contributed by atoms with Crippen LogP contribution in [0.4, 0.5) is 5.69 Å². The molecular formula is C20H20ClN3O3. The summed E-state index contributed by atoms with van der Waals surface area (Å²) in [6.45, 7) is 1.39. The molecule has 3 N–H and O–H groups in total. The van der Waals surface area contributed by atoms with Gasteiger partial charge in [-0.15, -0.1) is 0 Å². The maximum atomic E-state index is 13.1. The van der Waals surface area contributed by atoms with E-state index in [1.165, 1.54) is 11.8 Å². The van der Waals surface area contributed by atoms with Crippen molar-refractivity contribution in [3.05, 3.63) is 64.7 Å². The summed E-state index contributed by atoms with van der Waals surface area (Å²) in [5.74, 6) is -1.09. The van der Waals surface area contributed by atoms with Crippen molar-refractivity contribution in [2.24, 2.45) is 5.73 Å². The number of halogens is 1. The molecule has 0 saturated carbocycles. The largest absolute Gasteiger partial charge is 0.368 e. The van der Waals surface area contributed by atoms with Gasteiger partial charge in [0, 0.05) is 24.1 Å². The molecule has 0 fully saturated rings. The van der Waals surface area contributed by atoms with Gasteiger partial charge in [0.25, 0.3) is 0 Å². The van der Waals surface area contributed by atoms with Crippen molar-refractivity contribution in [1.29, 1.82) is 0 Å². The van der Waals surface area contributed by atoms with E-state index >= 15 is 0 Å². The quantitative estimate of drug-likeness (QED) is 0.827. The lowest BCUT2D eigenvalue weighted by atomic mass is 10.0. The minimum absolute atomic E-state index is 0.000668. The third kappa shape index (κ3) is 4.11. The Bertz CT molecular complexity index is 882. The smallest absolute Gasteiger partial charge is 0.240 e. The van der Waals surface area contributed by atoms with Crippen LogP contribution in [0.15, 0.2) is 48.5 Å². The lowest BCUT2D eigenvalue weighted by molar-refractivity contribution is -0.125. The fourth-order valence-electron chi connectivity index (χ4n) is 3.39. The number of nitrogens with zero attached hydrogens (tertiary/aromatic N) is 1. The molecule has 3 amide bonds. The van der Waals surface area contributed by atoms with Crippen LogP contribution in [-0.4, -0.2) is 23.8 Å². The Morgan fingerprint density at radius 2 is 1.85 bits per heavy atom. The Morgan fingerprint density at radius 1 is 1.19 bits per heavy atom. The molecule has 27 heavy (non-hydrogen) atoms. The molecule has 1 unspecified atom stereocenters. The Kier molecular flexibility index (Phi) is 5.46. The SMILES string of the molecule is CC(=O)NC(CC(=O)N1c2ccccc2C[C@H]1C(N)=O)c1ccc(Cl)cc1. The van der Waals surface area contributed by atoms with Crippen LogP contribution in [0.3, 0.4) is 0 Å². The van der Waals surface area contributed by atoms with Gasteiger partial charge >= 0.3 is 0 Å². The molecule has 1 heterocycles. The standard InChI is InChI=1S/C20H20ClN3O3/c1-12(25)23-16(13-6-8-15(21)9-7-13)11-19(26)24-17-5-3-2-4-14(17)10-18(24)20(22)27/h2-9,16,18H,10-11H2,1H3,(H2,22,27)(H,23,25)/t16?,18-/m0/s1. The van der Waals surface area contributed by atoms with Crippen LogP contribution in [0, 0.1) is 0 Å². The van der Waals surface area contributed by atoms with Crippen LogP contribution in [0.5, 0.6) is 0 Å². The molecule has 0 radical (unpaired) electrons. The monoisotopic (exact) mass is 385 g/mol. The van der Waals surface area contributed by atoms with E-state index in [1.807, 2.05) is 18.2 Å². The summed E-state index contributed by atoms with van der Waals surface area (Å²) in [6.07, 6.45) is 0.391.